The summed E-state index contributed by atoms with van der Waals surface area (Å²) < 4.78 is 5.12. The van der Waals surface area contributed by atoms with Crippen LogP contribution in [-0.4, -0.2) is 18.0 Å². The number of phenolic OH excluding ortho intramolecular Hbond substituents is 1. The normalized spacial score (nSPS) is 18.3. The van der Waals surface area contributed by atoms with E-state index in [0.29, 0.717) is 5.75 Å². The van der Waals surface area contributed by atoms with Crippen LogP contribution < -0.4 is 4.74 Å². The number of methoxy groups -OCH3 is 1. The Morgan fingerprint density at radius 2 is 2.00 bits per heavy atom. The Hall–Kier alpha value is -2.04. The van der Waals surface area contributed by atoms with Gasteiger partial charge in [-0.2, -0.15) is 0 Å². The Morgan fingerprint density at radius 3 is 2.67 bits per heavy atom. The summed E-state index contributed by atoms with van der Waals surface area (Å²) in [6, 6.07) is 7.30. The maximum Gasteiger partial charge on any atom is 0.185 e. The Bertz CT molecular complexity index is 819. The van der Waals surface area contributed by atoms with Crippen LogP contribution in [0.4, 0.5) is 0 Å². The number of ketones is 1. The summed E-state index contributed by atoms with van der Waals surface area (Å²) in [5, 5.41) is 12.0. The SMILES string of the molecule is COc1cc(/C=C2\CCC/C(=C/c3cccs3)C2=O)cc(Cl)c1O. The van der Waals surface area contributed by atoms with Gasteiger partial charge in [0.05, 0.1) is 12.1 Å². The third-order valence-electron chi connectivity index (χ3n) is 3.95. The fourth-order valence-electron chi connectivity index (χ4n) is 2.76. The second-order valence-corrected chi connectivity index (χ2v) is 6.98. The van der Waals surface area contributed by atoms with Crippen LogP contribution in [0.2, 0.25) is 5.02 Å². The van der Waals surface area contributed by atoms with E-state index in [-0.39, 0.29) is 16.6 Å². The maximum absolute atomic E-state index is 12.7. The monoisotopic (exact) mass is 360 g/mol. The van der Waals surface area contributed by atoms with Crippen molar-refractivity contribution in [3.8, 4) is 11.5 Å². The van der Waals surface area contributed by atoms with Gasteiger partial charge in [-0.1, -0.05) is 17.7 Å². The molecule has 0 atom stereocenters. The Kier molecular flexibility index (Phi) is 5.07. The first-order valence-corrected chi connectivity index (χ1v) is 8.90. The van der Waals surface area contributed by atoms with Crippen molar-refractivity contribution in [1.82, 2.24) is 0 Å². The van der Waals surface area contributed by atoms with E-state index in [2.05, 4.69) is 0 Å². The van der Waals surface area contributed by atoms with Gasteiger partial charge in [0.2, 0.25) is 0 Å². The zero-order valence-corrected chi connectivity index (χ0v) is 14.8. The van der Waals surface area contributed by atoms with Crippen LogP contribution in [0.25, 0.3) is 12.2 Å². The minimum atomic E-state index is -0.0884. The fourth-order valence-corrected chi connectivity index (χ4v) is 3.66. The average Bonchev–Trinajstić information content (AvgIpc) is 3.07. The van der Waals surface area contributed by atoms with Crippen LogP contribution in [0.5, 0.6) is 11.5 Å². The van der Waals surface area contributed by atoms with Crippen LogP contribution in [0.1, 0.15) is 29.7 Å². The van der Waals surface area contributed by atoms with Crippen molar-refractivity contribution in [3.05, 3.63) is 56.3 Å². The van der Waals surface area contributed by atoms with Crippen molar-refractivity contribution in [2.24, 2.45) is 0 Å². The van der Waals surface area contributed by atoms with Gasteiger partial charge >= 0.3 is 0 Å². The number of Topliss-reactive ketones (excluding diaryl/α,β-unsaturated/α-hetero) is 1. The number of hydrogen-bond donors (Lipinski definition) is 1. The predicted molar refractivity (Wildman–Crippen MR) is 98.8 cm³/mol. The molecule has 1 heterocycles. The van der Waals surface area contributed by atoms with Gasteiger partial charge < -0.3 is 9.84 Å². The van der Waals surface area contributed by atoms with Gasteiger partial charge in [0.25, 0.3) is 0 Å². The molecule has 1 saturated carbocycles. The van der Waals surface area contributed by atoms with Gasteiger partial charge in [-0.3, -0.25) is 4.79 Å². The van der Waals surface area contributed by atoms with Crippen LogP contribution in [0.15, 0.2) is 40.8 Å². The number of aromatic hydroxyl groups is 1. The summed E-state index contributed by atoms with van der Waals surface area (Å²) in [7, 11) is 1.47. The van der Waals surface area contributed by atoms with E-state index in [9.17, 15) is 9.90 Å². The molecule has 1 aromatic carbocycles. The molecule has 0 unspecified atom stereocenters. The molecule has 3 nitrogen and oxygen atoms in total. The standard InChI is InChI=1S/C19H17ClO3S/c1-23-17-10-12(9-16(20)19(17)22)8-13-4-2-5-14(18(13)21)11-15-6-3-7-24-15/h3,6-11,22H,2,4-5H2,1H3/b13-8+,14-11-. The first kappa shape index (κ1) is 16.8. The van der Waals surface area contributed by atoms with Crippen LogP contribution in [0, 0.1) is 0 Å². The molecule has 1 fully saturated rings. The number of rotatable bonds is 3. The predicted octanol–water partition coefficient (Wildman–Crippen LogP) is 5.34. The molecule has 0 spiro atoms. The molecule has 0 radical (unpaired) electrons. The van der Waals surface area contributed by atoms with Crippen molar-refractivity contribution < 1.29 is 14.6 Å². The molecule has 1 aliphatic rings. The number of ether oxygens (including phenoxy) is 1. The summed E-state index contributed by atoms with van der Waals surface area (Å²) in [4.78, 5) is 13.8. The molecule has 1 N–H and O–H groups in total. The summed E-state index contributed by atoms with van der Waals surface area (Å²) in [6.45, 7) is 0. The van der Waals surface area contributed by atoms with Gasteiger partial charge in [-0.05, 0) is 60.6 Å². The molecule has 3 rings (SSSR count). The van der Waals surface area contributed by atoms with Gasteiger partial charge in [0.1, 0.15) is 0 Å². The number of hydrogen-bond acceptors (Lipinski definition) is 4. The minimum absolute atomic E-state index is 0.0813. The Morgan fingerprint density at radius 1 is 1.25 bits per heavy atom. The lowest BCUT2D eigenvalue weighted by atomic mass is 9.87. The zero-order valence-electron chi connectivity index (χ0n) is 13.2. The second-order valence-electron chi connectivity index (χ2n) is 5.59. The van der Waals surface area contributed by atoms with E-state index in [1.807, 2.05) is 29.7 Å². The van der Waals surface area contributed by atoms with E-state index < -0.39 is 0 Å². The van der Waals surface area contributed by atoms with Crippen molar-refractivity contribution >= 4 is 40.9 Å². The largest absolute Gasteiger partial charge is 0.503 e. The third-order valence-corrected chi connectivity index (χ3v) is 5.05. The molecule has 124 valence electrons. The van der Waals surface area contributed by atoms with Crippen molar-refractivity contribution in [2.75, 3.05) is 7.11 Å². The number of allylic oxidation sites excluding steroid dienone is 2. The van der Waals surface area contributed by atoms with Crippen molar-refractivity contribution in [3.63, 3.8) is 0 Å². The van der Waals surface area contributed by atoms with Crippen LogP contribution in [0.3, 0.4) is 0 Å². The van der Waals surface area contributed by atoms with Crippen LogP contribution >= 0.6 is 22.9 Å². The molecule has 2 aromatic rings. The number of phenols is 1. The molecule has 0 saturated heterocycles. The summed E-state index contributed by atoms with van der Waals surface area (Å²) in [6.07, 6.45) is 6.29. The lowest BCUT2D eigenvalue weighted by Crippen LogP contribution is -2.12. The Labute approximate surface area is 149 Å². The van der Waals surface area contributed by atoms with Crippen molar-refractivity contribution in [2.45, 2.75) is 19.3 Å². The topological polar surface area (TPSA) is 46.5 Å². The van der Waals surface area contributed by atoms with E-state index in [0.717, 1.165) is 40.8 Å². The highest BCUT2D eigenvalue weighted by Gasteiger charge is 2.21. The smallest absolute Gasteiger partial charge is 0.185 e. The quantitative estimate of drug-likeness (QED) is 0.752. The number of halogens is 1. The summed E-state index contributed by atoms with van der Waals surface area (Å²) in [5.74, 6) is 0.291. The molecular formula is C19H17ClO3S. The number of carbonyl (C=O) groups is 1. The average molecular weight is 361 g/mol. The van der Waals surface area contributed by atoms with E-state index >= 15 is 0 Å². The molecule has 0 aliphatic heterocycles. The van der Waals surface area contributed by atoms with Crippen LogP contribution in [-0.2, 0) is 4.79 Å². The molecule has 5 heteroatoms. The second kappa shape index (κ2) is 7.24. The maximum atomic E-state index is 12.7. The lowest BCUT2D eigenvalue weighted by Gasteiger charge is -2.16. The molecule has 24 heavy (non-hydrogen) atoms. The summed E-state index contributed by atoms with van der Waals surface area (Å²) in [5.41, 5.74) is 2.34. The zero-order chi connectivity index (χ0) is 17.1. The first-order valence-electron chi connectivity index (χ1n) is 7.64. The Balaban J connectivity index is 1.93. The van der Waals surface area contributed by atoms with Gasteiger partial charge in [-0.15, -0.1) is 11.3 Å². The number of carbonyl (C=O) groups excluding carboxylic acids is 1. The first-order chi connectivity index (χ1) is 11.6. The van der Waals surface area contributed by atoms with E-state index in [1.54, 1.807) is 23.5 Å². The molecular weight excluding hydrogens is 344 g/mol. The highest BCUT2D eigenvalue weighted by Crippen LogP contribution is 2.36. The molecule has 1 aromatic heterocycles. The highest BCUT2D eigenvalue weighted by atomic mass is 35.5. The molecule has 0 bridgehead atoms. The fraction of sp³-hybridized carbons (Fsp3) is 0.211. The van der Waals surface area contributed by atoms with E-state index in [1.165, 1.54) is 7.11 Å². The lowest BCUT2D eigenvalue weighted by molar-refractivity contribution is -0.112. The number of thiophene rings is 1. The molecule has 0 amide bonds. The van der Waals surface area contributed by atoms with Crippen molar-refractivity contribution in [1.29, 1.82) is 0 Å². The van der Waals surface area contributed by atoms with Gasteiger partial charge in [0, 0.05) is 16.0 Å². The van der Waals surface area contributed by atoms with Gasteiger partial charge in [-0.25, -0.2) is 0 Å². The summed E-state index contributed by atoms with van der Waals surface area (Å²) >= 11 is 7.64. The van der Waals surface area contributed by atoms with Gasteiger partial charge in [0.15, 0.2) is 17.3 Å². The number of benzene rings is 1. The molecule has 1 aliphatic carbocycles. The van der Waals surface area contributed by atoms with E-state index in [4.69, 9.17) is 16.3 Å². The highest BCUT2D eigenvalue weighted by molar-refractivity contribution is 7.10. The minimum Gasteiger partial charge on any atom is -0.503 e. The third kappa shape index (κ3) is 3.55.